The molecule has 2 aliphatic heterocycles. The molecule has 21 nitrogen and oxygen atoms in total. The number of nitrogens with zero attached hydrogens (tertiary/aromatic N) is 16. The van der Waals surface area contributed by atoms with E-state index in [0.717, 1.165) is 84.1 Å². The minimum absolute atomic E-state index is 0.0341. The van der Waals surface area contributed by atoms with Crippen LogP contribution >= 0.6 is 11.3 Å². The number of halogens is 3. The van der Waals surface area contributed by atoms with Gasteiger partial charge in [-0.25, -0.2) is 38.3 Å². The van der Waals surface area contributed by atoms with Crippen LogP contribution in [0.5, 0.6) is 23.0 Å². The standard InChI is InChI=1S/C12H15FN2.C11H14O2.C10H10F2O2.4C10H13N3.C8H7NO.C8H7NS.2C5H12/c1-8-11(13)10-7-9(12(2,3)4)5-6-15(10)14-8;1-8(2)9-3-4-10-11(7-9)13-6-5-12-10;1-6(2)7-3-4-8-9(5-7)14-10(11,12)13-8;1-10(2,3)8-5-7-13-9(12-8)4-6-11-13;1-10(2,3)8-7-13-5-4-11-9(13)6-12-8;1-10(2,3)8-6-12-9-7-11-4-5-13(8)9;1-10(2,3)8-4-5-9-12-11-7-13(9)6-8;2*1-6-9-7-4-2-3-5-8(7)10-6;2*1-5(2,3)4/h5-7H,1-4H3;3-4,7-8H,5-6H2,1-2H3;3-6H,1-2H3;4*4-7H,1-3H3;2*2-5H,1H3;2*1-4H3. The number of ether oxygens (including phenoxy) is 4. The van der Waals surface area contributed by atoms with Gasteiger partial charge in [0.25, 0.3) is 0 Å². The van der Waals surface area contributed by atoms with Crippen LogP contribution in [0, 0.1) is 37.4 Å². The zero-order chi connectivity index (χ0) is 91.7. The normalized spacial score (nSPS) is 12.8. The van der Waals surface area contributed by atoms with Crippen molar-refractivity contribution >= 4 is 60.8 Å². The van der Waals surface area contributed by atoms with Crippen LogP contribution in [0.15, 0.2) is 206 Å². The molecular weight excluding hydrogens is 1580 g/mol. The van der Waals surface area contributed by atoms with Gasteiger partial charge in [-0.15, -0.1) is 30.3 Å². The second-order valence-corrected chi connectivity index (χ2v) is 40.5. The fourth-order valence-corrected chi connectivity index (χ4v) is 12.3. The first kappa shape index (κ1) is 97.8. The van der Waals surface area contributed by atoms with E-state index < -0.39 is 6.29 Å². The SMILES string of the molecule is CC(C)(C)C.CC(C)(C)C.CC(C)(C)c1ccc2nncn2c1.CC(C)(C)c1ccn2nccc2n1.CC(C)(C)c1cn2ccnc2cn1.CC(C)(C)c1cnc2cnccn12.CC(C)c1ccc2c(c1)OC(F)(F)O2.CC(C)c1ccc2c(c1)OCCO2.Cc1nc2ccccc2o1.Cc1nc2ccccc2s1.Cc1nn2ccc(C(C)(C)C)cc2c1F. The van der Waals surface area contributed by atoms with Crippen LogP contribution in [0.3, 0.4) is 0 Å². The number of para-hydroxylation sites is 3. The molecule has 0 amide bonds. The summed E-state index contributed by atoms with van der Waals surface area (Å²) < 4.78 is 74.3. The number of alkyl halides is 2. The summed E-state index contributed by atoms with van der Waals surface area (Å²) in [6.45, 7) is 65.1. The Balaban J connectivity index is 0.000000171. The molecule has 0 N–H and O–H groups in total. The third-order valence-corrected chi connectivity index (χ3v) is 19.0. The first-order valence-electron chi connectivity index (χ1n) is 41.9. The van der Waals surface area contributed by atoms with Gasteiger partial charge in [0, 0.05) is 96.4 Å². The topological polar surface area (TPSA) is 214 Å². The molecule has 4 aromatic carbocycles. The highest BCUT2D eigenvalue weighted by molar-refractivity contribution is 7.18. The van der Waals surface area contributed by atoms with Crippen molar-refractivity contribution in [2.24, 2.45) is 10.8 Å². The number of oxazole rings is 1. The van der Waals surface area contributed by atoms with Gasteiger partial charge in [0.05, 0.1) is 45.2 Å². The third kappa shape index (κ3) is 30.1. The van der Waals surface area contributed by atoms with E-state index >= 15 is 0 Å². The van der Waals surface area contributed by atoms with Crippen LogP contribution in [0.2, 0.25) is 0 Å². The summed E-state index contributed by atoms with van der Waals surface area (Å²) in [5.74, 6) is 3.28. The third-order valence-electron chi connectivity index (χ3n) is 18.0. The summed E-state index contributed by atoms with van der Waals surface area (Å²) in [6.07, 6.45) is 20.8. The Labute approximate surface area is 734 Å². The van der Waals surface area contributed by atoms with E-state index in [1.54, 1.807) is 76.7 Å². The van der Waals surface area contributed by atoms with Gasteiger partial charge in [-0.3, -0.25) is 14.4 Å². The van der Waals surface area contributed by atoms with Crippen molar-refractivity contribution in [3.63, 3.8) is 0 Å². The number of fused-ring (bicyclic) bond motifs is 9. The van der Waals surface area contributed by atoms with Crippen LogP contribution in [-0.2, 0) is 27.1 Å². The lowest BCUT2D eigenvalue weighted by molar-refractivity contribution is -0.286. The summed E-state index contributed by atoms with van der Waals surface area (Å²) in [4.78, 5) is 29.8. The van der Waals surface area contributed by atoms with Gasteiger partial charge in [-0.05, 0) is 142 Å². The molecule has 16 aromatic rings. The smallest absolute Gasteiger partial charge is 0.486 e. The Morgan fingerprint density at radius 1 is 0.468 bits per heavy atom. The Hall–Kier alpha value is -11.6. The number of imidazole rings is 2. The fraction of sp³-hybridized carbons (Fsp3) is 0.424. The minimum atomic E-state index is -3.52. The number of aryl methyl sites for hydroxylation is 3. The first-order chi connectivity index (χ1) is 57.7. The Bertz CT molecular complexity index is 5700. The highest BCUT2D eigenvalue weighted by atomic mass is 32.1. The second kappa shape index (κ2) is 41.3. The Morgan fingerprint density at radius 3 is 1.68 bits per heavy atom. The largest absolute Gasteiger partial charge is 0.586 e. The average molecular weight is 1710 g/mol. The van der Waals surface area contributed by atoms with Crippen LogP contribution < -0.4 is 18.9 Å². The molecule has 662 valence electrons. The highest BCUT2D eigenvalue weighted by Gasteiger charge is 2.43. The molecule has 0 unspecified atom stereocenters. The molecular formula is C99H129F3N16O5S. The molecule has 2 aliphatic rings. The molecule has 0 saturated heterocycles. The molecule has 0 radical (unpaired) electrons. The zero-order valence-electron chi connectivity index (χ0n) is 78.4. The van der Waals surface area contributed by atoms with Crippen LogP contribution in [0.1, 0.15) is 255 Å². The zero-order valence-corrected chi connectivity index (χ0v) is 79.2. The highest BCUT2D eigenvalue weighted by Crippen LogP contribution is 2.42. The van der Waals surface area contributed by atoms with E-state index in [4.69, 9.17) is 13.9 Å². The monoisotopic (exact) mass is 1710 g/mol. The summed E-state index contributed by atoms with van der Waals surface area (Å²) >= 11 is 1.74. The number of rotatable bonds is 2. The maximum Gasteiger partial charge on any atom is 0.586 e. The van der Waals surface area contributed by atoms with Gasteiger partial charge in [0.1, 0.15) is 30.6 Å². The van der Waals surface area contributed by atoms with E-state index in [0.29, 0.717) is 41.2 Å². The molecule has 25 heteroatoms. The number of thiazole rings is 1. The van der Waals surface area contributed by atoms with Crippen LogP contribution in [0.25, 0.3) is 49.4 Å². The van der Waals surface area contributed by atoms with E-state index in [2.05, 4.69) is 273 Å². The molecule has 18 rings (SSSR count). The lowest BCUT2D eigenvalue weighted by atomic mass is 9.87. The second-order valence-electron chi connectivity index (χ2n) is 39.3. The lowest BCUT2D eigenvalue weighted by Crippen LogP contribution is -2.25. The summed E-state index contributed by atoms with van der Waals surface area (Å²) in [5, 5.41) is 17.1. The van der Waals surface area contributed by atoms with Gasteiger partial charge in [0.2, 0.25) is 0 Å². The lowest BCUT2D eigenvalue weighted by Gasteiger charge is -2.19. The summed E-state index contributed by atoms with van der Waals surface area (Å²) in [7, 11) is 0. The van der Waals surface area contributed by atoms with E-state index in [1.165, 1.54) is 27.6 Å². The fourth-order valence-electron chi connectivity index (χ4n) is 11.4. The number of hydrogen-bond donors (Lipinski definition) is 0. The van der Waals surface area contributed by atoms with Gasteiger partial charge in [-0.2, -0.15) is 10.2 Å². The Kier molecular flexibility index (Phi) is 32.6. The predicted octanol–water partition coefficient (Wildman–Crippen LogP) is 25.7. The van der Waals surface area contributed by atoms with Crippen LogP contribution in [-0.4, -0.2) is 97.0 Å². The molecule has 12 aromatic heterocycles. The quantitative estimate of drug-likeness (QED) is 0.157. The van der Waals surface area contributed by atoms with E-state index in [1.807, 2.05) is 153 Å². The number of hydrogen-bond acceptors (Lipinski definition) is 17. The number of benzene rings is 4. The van der Waals surface area contributed by atoms with E-state index in [9.17, 15) is 13.2 Å². The molecule has 0 spiro atoms. The minimum Gasteiger partial charge on any atom is -0.486 e. The van der Waals surface area contributed by atoms with Crippen molar-refractivity contribution in [3.8, 4) is 23.0 Å². The van der Waals surface area contributed by atoms with Crippen molar-refractivity contribution in [1.29, 1.82) is 0 Å². The van der Waals surface area contributed by atoms with Gasteiger partial charge in [0.15, 0.2) is 62.9 Å². The van der Waals surface area contributed by atoms with Gasteiger partial charge < -0.3 is 32.2 Å². The van der Waals surface area contributed by atoms with Crippen molar-refractivity contribution in [3.05, 3.63) is 264 Å². The maximum absolute atomic E-state index is 13.6. The van der Waals surface area contributed by atoms with Crippen LogP contribution in [0.4, 0.5) is 13.2 Å². The molecule has 124 heavy (non-hydrogen) atoms. The maximum atomic E-state index is 13.6. The molecule has 0 atom stereocenters. The Morgan fingerprint density at radius 2 is 1.06 bits per heavy atom. The number of pyridine rings is 2. The number of aromatic nitrogens is 16. The molecule has 0 aliphatic carbocycles. The summed E-state index contributed by atoms with van der Waals surface area (Å²) in [5.41, 5.74) is 17.1. The predicted molar refractivity (Wildman–Crippen MR) is 497 cm³/mol. The first-order valence-corrected chi connectivity index (χ1v) is 42.7. The van der Waals surface area contributed by atoms with Crippen molar-refractivity contribution in [2.75, 3.05) is 13.2 Å². The molecule has 0 bridgehead atoms. The van der Waals surface area contributed by atoms with Crippen molar-refractivity contribution in [1.82, 2.24) is 77.5 Å². The van der Waals surface area contributed by atoms with Gasteiger partial charge >= 0.3 is 6.29 Å². The van der Waals surface area contributed by atoms with Crippen molar-refractivity contribution in [2.45, 2.75) is 253 Å². The average Bonchev–Trinajstić information content (AvgIpc) is 1.65. The summed E-state index contributed by atoms with van der Waals surface area (Å²) in [6, 6.07) is 38.8. The van der Waals surface area contributed by atoms with Crippen molar-refractivity contribution < 1.29 is 36.5 Å². The van der Waals surface area contributed by atoms with E-state index in [-0.39, 0.29) is 50.3 Å². The van der Waals surface area contributed by atoms with Gasteiger partial charge in [-0.1, -0.05) is 229 Å². The molecule has 14 heterocycles. The molecule has 0 fully saturated rings. The molecule has 0 saturated carbocycles.